The molecule has 5 N–H and O–H groups in total. The van der Waals surface area contributed by atoms with Crippen molar-refractivity contribution in [3.05, 3.63) is 52.3 Å². The number of nitrogens with one attached hydrogen (secondary N) is 3. The van der Waals surface area contributed by atoms with Gasteiger partial charge in [0.1, 0.15) is 5.84 Å². The molecule has 3 aromatic rings. The average Bonchev–Trinajstić information content (AvgIpc) is 3.06. The first-order chi connectivity index (χ1) is 10.1. The summed E-state index contributed by atoms with van der Waals surface area (Å²) in [5, 5.41) is 10.7. The number of thiophene rings is 1. The maximum atomic E-state index is 7.51. The third-order valence-electron chi connectivity index (χ3n) is 3.09. The predicted octanol–water partition coefficient (Wildman–Crippen LogP) is 3.47. The number of H-pyrrole nitrogens is 1. The van der Waals surface area contributed by atoms with Gasteiger partial charge >= 0.3 is 0 Å². The van der Waals surface area contributed by atoms with Crippen LogP contribution in [0.2, 0.25) is 0 Å². The Kier molecular flexibility index (Phi) is 3.45. The first-order valence-electron chi connectivity index (χ1n) is 6.46. The summed E-state index contributed by atoms with van der Waals surface area (Å²) in [5.74, 6) is 0.780. The molecule has 0 saturated carbocycles. The van der Waals surface area contributed by atoms with E-state index in [-0.39, 0.29) is 5.84 Å². The zero-order valence-corrected chi connectivity index (χ0v) is 12.3. The number of hydrogen-bond acceptors (Lipinski definition) is 4. The highest BCUT2D eigenvalue weighted by Crippen LogP contribution is 2.30. The molecule has 0 aliphatic carbocycles. The Balaban J connectivity index is 1.86. The number of aryl methyl sites for hydroxylation is 1. The second-order valence-corrected chi connectivity index (χ2v) is 5.89. The van der Waals surface area contributed by atoms with E-state index in [9.17, 15) is 0 Å². The zero-order valence-electron chi connectivity index (χ0n) is 11.5. The summed E-state index contributed by atoms with van der Waals surface area (Å²) in [5.41, 5.74) is 8.45. The van der Waals surface area contributed by atoms with Gasteiger partial charge in [-0.2, -0.15) is 0 Å². The minimum Gasteiger partial charge on any atom is -0.383 e. The summed E-state index contributed by atoms with van der Waals surface area (Å²) in [6, 6.07) is 11.8. The Morgan fingerprint density at radius 3 is 2.76 bits per heavy atom. The van der Waals surface area contributed by atoms with E-state index in [1.165, 1.54) is 11.3 Å². The Hall–Kier alpha value is -2.60. The first-order valence-corrected chi connectivity index (χ1v) is 7.27. The van der Waals surface area contributed by atoms with Gasteiger partial charge in [-0.15, -0.1) is 11.3 Å². The van der Waals surface area contributed by atoms with Gasteiger partial charge in [0.2, 0.25) is 5.95 Å². The normalized spacial score (nSPS) is 10.5. The van der Waals surface area contributed by atoms with Crippen LogP contribution >= 0.6 is 11.3 Å². The van der Waals surface area contributed by atoms with Crippen molar-refractivity contribution in [2.24, 2.45) is 5.73 Å². The van der Waals surface area contributed by atoms with Crippen LogP contribution < -0.4 is 11.1 Å². The van der Waals surface area contributed by atoms with Crippen molar-refractivity contribution >= 4 is 28.8 Å². The molecule has 0 spiro atoms. The highest BCUT2D eigenvalue weighted by atomic mass is 32.1. The molecular formula is C15H15N5S. The quantitative estimate of drug-likeness (QED) is 0.439. The summed E-state index contributed by atoms with van der Waals surface area (Å²) < 4.78 is 0. The van der Waals surface area contributed by atoms with Crippen LogP contribution in [0, 0.1) is 12.3 Å². The first kappa shape index (κ1) is 13.4. The standard InChI is InChI=1S/C15H15N5S/c1-9-11(7-13(21-9)14(16)17)12-8-18-15(20-12)19-10-5-3-2-4-6-10/h2-8H,1H3,(H3,16,17)(H2,18,19,20). The lowest BCUT2D eigenvalue weighted by Gasteiger charge is -2.01. The van der Waals surface area contributed by atoms with Gasteiger partial charge in [-0.25, -0.2) is 4.98 Å². The number of benzene rings is 1. The van der Waals surface area contributed by atoms with Gasteiger partial charge in [0.15, 0.2) is 0 Å². The SMILES string of the molecule is Cc1sc(C(=N)N)cc1-c1cnc(Nc2ccccc2)[nH]1. The molecule has 0 bridgehead atoms. The number of aromatic amines is 1. The number of aromatic nitrogens is 2. The van der Waals surface area contributed by atoms with E-state index >= 15 is 0 Å². The smallest absolute Gasteiger partial charge is 0.205 e. The molecule has 1 aromatic carbocycles. The minimum atomic E-state index is 0.0940. The van der Waals surface area contributed by atoms with Crippen LogP contribution in [0.5, 0.6) is 0 Å². The molecule has 3 rings (SSSR count). The van der Waals surface area contributed by atoms with Crippen molar-refractivity contribution < 1.29 is 0 Å². The molecular weight excluding hydrogens is 282 g/mol. The number of nitrogens with zero attached hydrogens (tertiary/aromatic N) is 1. The maximum Gasteiger partial charge on any atom is 0.205 e. The Bertz CT molecular complexity index is 772. The molecule has 2 aromatic heterocycles. The molecule has 6 heteroatoms. The van der Waals surface area contributed by atoms with E-state index in [0.29, 0.717) is 5.95 Å². The van der Waals surface area contributed by atoms with Crippen molar-refractivity contribution in [2.45, 2.75) is 6.92 Å². The molecule has 21 heavy (non-hydrogen) atoms. The summed E-state index contributed by atoms with van der Waals surface area (Å²) in [4.78, 5) is 9.46. The van der Waals surface area contributed by atoms with Crippen LogP contribution in [-0.2, 0) is 0 Å². The maximum absolute atomic E-state index is 7.51. The summed E-state index contributed by atoms with van der Waals surface area (Å²) >= 11 is 1.51. The second-order valence-electron chi connectivity index (χ2n) is 4.63. The fourth-order valence-corrected chi connectivity index (χ4v) is 2.96. The van der Waals surface area contributed by atoms with Gasteiger partial charge in [0, 0.05) is 16.1 Å². The average molecular weight is 297 g/mol. The molecule has 0 atom stereocenters. The topological polar surface area (TPSA) is 90.6 Å². The van der Waals surface area contributed by atoms with E-state index in [0.717, 1.165) is 26.7 Å². The van der Waals surface area contributed by atoms with Gasteiger partial charge < -0.3 is 16.0 Å². The minimum absolute atomic E-state index is 0.0940. The van der Waals surface area contributed by atoms with Crippen LogP contribution in [0.1, 0.15) is 9.75 Å². The Morgan fingerprint density at radius 2 is 2.10 bits per heavy atom. The molecule has 0 saturated heterocycles. The number of amidine groups is 1. The van der Waals surface area contributed by atoms with Gasteiger partial charge in [-0.3, -0.25) is 5.41 Å². The van der Waals surface area contributed by atoms with Crippen molar-refractivity contribution in [1.82, 2.24) is 9.97 Å². The molecule has 0 unspecified atom stereocenters. The number of rotatable bonds is 4. The van der Waals surface area contributed by atoms with E-state index in [2.05, 4.69) is 15.3 Å². The predicted molar refractivity (Wildman–Crippen MR) is 87.4 cm³/mol. The lowest BCUT2D eigenvalue weighted by molar-refractivity contribution is 1.29. The van der Waals surface area contributed by atoms with E-state index in [4.69, 9.17) is 11.1 Å². The highest BCUT2D eigenvalue weighted by molar-refractivity contribution is 7.14. The van der Waals surface area contributed by atoms with Gasteiger partial charge in [0.25, 0.3) is 0 Å². The molecule has 0 aliphatic heterocycles. The van der Waals surface area contributed by atoms with E-state index < -0.39 is 0 Å². The third-order valence-corrected chi connectivity index (χ3v) is 4.17. The van der Waals surface area contributed by atoms with Crippen molar-refractivity contribution in [1.29, 1.82) is 5.41 Å². The fraction of sp³-hybridized carbons (Fsp3) is 0.0667. The number of nitrogen functional groups attached to an aromatic ring is 1. The lowest BCUT2D eigenvalue weighted by atomic mass is 10.2. The number of imidazole rings is 1. The number of anilines is 2. The zero-order chi connectivity index (χ0) is 14.8. The number of hydrogen-bond donors (Lipinski definition) is 4. The third kappa shape index (κ3) is 2.80. The highest BCUT2D eigenvalue weighted by Gasteiger charge is 2.11. The molecule has 0 radical (unpaired) electrons. The van der Waals surface area contributed by atoms with Crippen LogP contribution in [0.4, 0.5) is 11.6 Å². The van der Waals surface area contributed by atoms with E-state index in [1.54, 1.807) is 6.20 Å². The number of para-hydroxylation sites is 1. The van der Waals surface area contributed by atoms with Crippen molar-refractivity contribution in [3.8, 4) is 11.3 Å². The molecule has 5 nitrogen and oxygen atoms in total. The molecule has 0 fully saturated rings. The second kappa shape index (κ2) is 5.41. The Labute approximate surface area is 126 Å². The molecule has 0 amide bonds. The van der Waals surface area contributed by atoms with E-state index in [1.807, 2.05) is 43.3 Å². The molecule has 2 heterocycles. The lowest BCUT2D eigenvalue weighted by Crippen LogP contribution is -2.08. The summed E-state index contributed by atoms with van der Waals surface area (Å²) in [6.45, 7) is 2.01. The fourth-order valence-electron chi connectivity index (χ4n) is 2.06. The molecule has 106 valence electrons. The van der Waals surface area contributed by atoms with Gasteiger partial charge in [-0.1, -0.05) is 18.2 Å². The largest absolute Gasteiger partial charge is 0.383 e. The van der Waals surface area contributed by atoms with Gasteiger partial charge in [0.05, 0.1) is 16.8 Å². The number of nitrogens with two attached hydrogens (primary N) is 1. The Morgan fingerprint density at radius 1 is 1.33 bits per heavy atom. The van der Waals surface area contributed by atoms with Gasteiger partial charge in [-0.05, 0) is 25.1 Å². The van der Waals surface area contributed by atoms with Crippen molar-refractivity contribution in [3.63, 3.8) is 0 Å². The monoisotopic (exact) mass is 297 g/mol. The molecule has 0 aliphatic rings. The van der Waals surface area contributed by atoms with Crippen LogP contribution in [-0.4, -0.2) is 15.8 Å². The summed E-state index contributed by atoms with van der Waals surface area (Å²) in [6.07, 6.45) is 1.78. The van der Waals surface area contributed by atoms with Crippen LogP contribution in [0.15, 0.2) is 42.6 Å². The summed E-state index contributed by atoms with van der Waals surface area (Å²) in [7, 11) is 0. The van der Waals surface area contributed by atoms with Crippen molar-refractivity contribution in [2.75, 3.05) is 5.32 Å². The van der Waals surface area contributed by atoms with Crippen LogP contribution in [0.3, 0.4) is 0 Å². The van der Waals surface area contributed by atoms with Crippen LogP contribution in [0.25, 0.3) is 11.3 Å².